The molecule has 0 spiro atoms. The highest BCUT2D eigenvalue weighted by atomic mass is 17.2. The fourth-order valence-corrected chi connectivity index (χ4v) is 3.85. The fourth-order valence-electron chi connectivity index (χ4n) is 3.85. The molecule has 0 fully saturated rings. The van der Waals surface area contributed by atoms with Crippen LogP contribution in [0.2, 0.25) is 0 Å². The second kappa shape index (κ2) is 17.7. The third-order valence-corrected chi connectivity index (χ3v) is 7.25. The van der Waals surface area contributed by atoms with E-state index in [1.54, 1.807) is 13.8 Å². The largest absolute Gasteiger partial charge is 0.368 e. The summed E-state index contributed by atoms with van der Waals surface area (Å²) in [5.41, 5.74) is -2.73. The first kappa shape index (κ1) is 32.3. The van der Waals surface area contributed by atoms with Gasteiger partial charge in [0.1, 0.15) is 22.4 Å². The average Bonchev–Trinajstić information content (AvgIpc) is 2.84. The van der Waals surface area contributed by atoms with Crippen molar-refractivity contribution >= 4 is 23.5 Å². The van der Waals surface area contributed by atoms with E-state index in [2.05, 4.69) is 13.8 Å². The van der Waals surface area contributed by atoms with Gasteiger partial charge in [-0.05, 0) is 39.5 Å². The summed E-state index contributed by atoms with van der Waals surface area (Å²) in [6.07, 6.45) is 13.6. The minimum atomic E-state index is -1.37. The number of rotatable bonds is 20. The maximum absolute atomic E-state index is 12.7. The lowest BCUT2D eigenvalue weighted by Crippen LogP contribution is -2.41. The second-order valence-corrected chi connectivity index (χ2v) is 9.99. The molecule has 0 saturated heterocycles. The lowest BCUT2D eigenvalue weighted by Gasteiger charge is -2.26. The van der Waals surface area contributed by atoms with Crippen molar-refractivity contribution in [2.45, 2.75) is 144 Å². The van der Waals surface area contributed by atoms with E-state index in [9.17, 15) is 19.2 Å². The summed E-state index contributed by atoms with van der Waals surface area (Å²) in [5, 5.41) is 0. The van der Waals surface area contributed by atoms with Gasteiger partial charge in [0, 0.05) is 12.8 Å². The second-order valence-electron chi connectivity index (χ2n) is 9.99. The first-order valence-electron chi connectivity index (χ1n) is 13.6. The number of unbranched alkanes of at least 4 members (excludes halogenated alkanes) is 10. The number of hydrogen-bond acceptors (Lipinski definition) is 6. The Labute approximate surface area is 207 Å². The van der Waals surface area contributed by atoms with E-state index in [0.29, 0.717) is 12.8 Å². The van der Waals surface area contributed by atoms with Gasteiger partial charge in [-0.1, -0.05) is 91.9 Å². The Balaban J connectivity index is 4.75. The van der Waals surface area contributed by atoms with E-state index in [-0.39, 0.29) is 24.4 Å². The number of Topliss-reactive ketones (excluding diaryl/α,β-unsaturated/α-hetero) is 2. The minimum Gasteiger partial charge on any atom is -0.298 e. The average molecular weight is 483 g/mol. The molecular weight excluding hydrogens is 432 g/mol. The Hall–Kier alpha value is -1.72. The first-order chi connectivity index (χ1) is 16.1. The van der Waals surface area contributed by atoms with Crippen LogP contribution in [-0.4, -0.2) is 23.5 Å². The maximum atomic E-state index is 12.7. The van der Waals surface area contributed by atoms with Crippen LogP contribution in [0.4, 0.5) is 0 Å². The number of carbonyl (C=O) groups excluding carboxylic acids is 4. The normalized spacial score (nSPS) is 14.6. The van der Waals surface area contributed by atoms with Crippen molar-refractivity contribution in [2.24, 2.45) is 10.8 Å². The van der Waals surface area contributed by atoms with Crippen LogP contribution < -0.4 is 0 Å². The summed E-state index contributed by atoms with van der Waals surface area (Å²) in [6, 6.07) is 0. The Morgan fingerprint density at radius 2 is 0.794 bits per heavy atom. The van der Waals surface area contributed by atoms with Gasteiger partial charge in [-0.3, -0.25) is 9.59 Å². The van der Waals surface area contributed by atoms with Crippen LogP contribution in [-0.2, 0) is 29.0 Å². The highest BCUT2D eigenvalue weighted by molar-refractivity contribution is 6.05. The van der Waals surface area contributed by atoms with Crippen molar-refractivity contribution in [3.63, 3.8) is 0 Å². The van der Waals surface area contributed by atoms with Crippen molar-refractivity contribution in [1.29, 1.82) is 0 Å². The van der Waals surface area contributed by atoms with Crippen LogP contribution >= 0.6 is 0 Å². The molecule has 2 unspecified atom stereocenters. The van der Waals surface area contributed by atoms with Crippen molar-refractivity contribution in [1.82, 2.24) is 0 Å². The molecule has 0 amide bonds. The molecule has 0 aliphatic heterocycles. The summed E-state index contributed by atoms with van der Waals surface area (Å²) in [6.45, 7) is 10.9. The molecule has 0 heterocycles. The Bertz CT molecular complexity index is 574. The van der Waals surface area contributed by atoms with Crippen molar-refractivity contribution < 1.29 is 29.0 Å². The molecule has 0 bridgehead atoms. The molecule has 0 aliphatic rings. The van der Waals surface area contributed by atoms with Crippen molar-refractivity contribution in [3.8, 4) is 0 Å². The molecule has 6 heteroatoms. The van der Waals surface area contributed by atoms with Gasteiger partial charge >= 0.3 is 11.9 Å². The van der Waals surface area contributed by atoms with Crippen LogP contribution in [0.3, 0.4) is 0 Å². The zero-order valence-corrected chi connectivity index (χ0v) is 22.8. The molecular formula is C28H50O6. The molecule has 0 rings (SSSR count). The van der Waals surface area contributed by atoms with Crippen LogP contribution in [0.15, 0.2) is 0 Å². The van der Waals surface area contributed by atoms with Gasteiger partial charge in [0.15, 0.2) is 0 Å². The predicted octanol–water partition coefficient (Wildman–Crippen LogP) is 7.46. The van der Waals surface area contributed by atoms with Gasteiger partial charge in [-0.15, -0.1) is 0 Å². The molecule has 0 saturated carbocycles. The highest BCUT2D eigenvalue weighted by Crippen LogP contribution is 2.30. The molecule has 0 aromatic carbocycles. The van der Waals surface area contributed by atoms with E-state index < -0.39 is 22.8 Å². The predicted molar refractivity (Wildman–Crippen MR) is 135 cm³/mol. The molecule has 6 nitrogen and oxygen atoms in total. The summed E-state index contributed by atoms with van der Waals surface area (Å²) >= 11 is 0. The van der Waals surface area contributed by atoms with Crippen LogP contribution in [0, 0.1) is 10.8 Å². The summed E-state index contributed by atoms with van der Waals surface area (Å²) in [5.74, 6) is -2.16. The zero-order chi connectivity index (χ0) is 26.0. The third-order valence-electron chi connectivity index (χ3n) is 7.25. The smallest absolute Gasteiger partial charge is 0.298 e. The quantitative estimate of drug-likeness (QED) is 0.0774. The van der Waals surface area contributed by atoms with Gasteiger partial charge in [-0.25, -0.2) is 19.4 Å². The first-order valence-corrected chi connectivity index (χ1v) is 13.6. The van der Waals surface area contributed by atoms with E-state index >= 15 is 0 Å². The van der Waals surface area contributed by atoms with Crippen molar-refractivity contribution in [3.05, 3.63) is 0 Å². The van der Waals surface area contributed by atoms with Gasteiger partial charge in [-0.2, -0.15) is 0 Å². The van der Waals surface area contributed by atoms with Gasteiger partial charge in [0.2, 0.25) is 0 Å². The van der Waals surface area contributed by atoms with Gasteiger partial charge in [0.25, 0.3) is 0 Å². The topological polar surface area (TPSA) is 86.7 Å². The molecule has 2 atom stereocenters. The molecule has 0 N–H and O–H groups in total. The Morgan fingerprint density at radius 1 is 0.500 bits per heavy atom. The molecule has 0 aromatic rings. The summed E-state index contributed by atoms with van der Waals surface area (Å²) in [4.78, 5) is 60.6. The van der Waals surface area contributed by atoms with Crippen LogP contribution in [0.1, 0.15) is 144 Å². The van der Waals surface area contributed by atoms with Crippen LogP contribution in [0.5, 0.6) is 0 Å². The monoisotopic (exact) mass is 482 g/mol. The number of hydrogen-bond donors (Lipinski definition) is 0. The molecule has 34 heavy (non-hydrogen) atoms. The summed E-state index contributed by atoms with van der Waals surface area (Å²) < 4.78 is 0. The fraction of sp³-hybridized carbons (Fsp3) is 0.857. The van der Waals surface area contributed by atoms with Gasteiger partial charge in [0.05, 0.1) is 0 Å². The zero-order valence-electron chi connectivity index (χ0n) is 22.8. The molecule has 0 aromatic heterocycles. The Morgan fingerprint density at radius 3 is 1.09 bits per heavy atom. The maximum Gasteiger partial charge on any atom is 0.368 e. The van der Waals surface area contributed by atoms with E-state index in [1.807, 2.05) is 0 Å². The number of carbonyl (C=O) groups is 4. The lowest BCUT2D eigenvalue weighted by molar-refractivity contribution is -0.271. The summed E-state index contributed by atoms with van der Waals surface area (Å²) in [7, 11) is 0. The van der Waals surface area contributed by atoms with Crippen molar-refractivity contribution in [2.75, 3.05) is 0 Å². The minimum absolute atomic E-state index is 0.205. The van der Waals surface area contributed by atoms with E-state index in [0.717, 1.165) is 51.4 Å². The van der Waals surface area contributed by atoms with Gasteiger partial charge < -0.3 is 0 Å². The number of ketones is 2. The standard InChI is InChI=1S/C28H50O6/c1-7-11-13-15-17-19-21-23(29)27(5,9-3)25(31)33-34-26(32)28(6,10-4)24(30)22-20-18-16-14-12-8-2/h7-22H2,1-6H3. The molecule has 0 aliphatic carbocycles. The van der Waals surface area contributed by atoms with E-state index in [1.165, 1.54) is 39.5 Å². The van der Waals surface area contributed by atoms with E-state index in [4.69, 9.17) is 9.78 Å². The van der Waals surface area contributed by atoms with Crippen LogP contribution in [0.25, 0.3) is 0 Å². The highest BCUT2D eigenvalue weighted by Gasteiger charge is 2.45. The lowest BCUT2D eigenvalue weighted by atomic mass is 9.80. The molecule has 0 radical (unpaired) electrons. The Kier molecular flexibility index (Phi) is 16.8. The SMILES string of the molecule is CCCCCCCCC(=O)C(C)(CC)C(=O)OOC(=O)C(C)(CC)C(=O)CCCCCCCC. The third kappa shape index (κ3) is 10.7. The molecule has 198 valence electrons.